The fraction of sp³-hybridized carbons (Fsp3) is 0.545. The summed E-state index contributed by atoms with van der Waals surface area (Å²) < 4.78 is 5.21. The molecular formula is C22H30N2O3. The summed E-state index contributed by atoms with van der Waals surface area (Å²) in [7, 11) is 0. The molecule has 5 heteroatoms. The van der Waals surface area contributed by atoms with E-state index in [4.69, 9.17) is 4.74 Å². The SMILES string of the molecule is CCCOC(=O)c1ccc2[nH]c(C)c(CN3CCCC[C@H]3CC)c(=O)c2c1. The number of esters is 1. The van der Waals surface area contributed by atoms with E-state index in [1.165, 1.54) is 19.3 Å². The van der Waals surface area contributed by atoms with Gasteiger partial charge in [-0.05, 0) is 57.4 Å². The monoisotopic (exact) mass is 370 g/mol. The highest BCUT2D eigenvalue weighted by Gasteiger charge is 2.23. The molecule has 2 heterocycles. The van der Waals surface area contributed by atoms with Crippen molar-refractivity contribution in [1.29, 1.82) is 0 Å². The maximum Gasteiger partial charge on any atom is 0.338 e. The fourth-order valence-corrected chi connectivity index (χ4v) is 3.98. The van der Waals surface area contributed by atoms with E-state index >= 15 is 0 Å². The molecule has 0 radical (unpaired) electrons. The molecule has 1 aromatic carbocycles. The lowest BCUT2D eigenvalue weighted by molar-refractivity contribution is 0.0505. The number of nitrogens with zero attached hydrogens (tertiary/aromatic N) is 1. The Hall–Kier alpha value is -2.14. The van der Waals surface area contributed by atoms with Crippen molar-refractivity contribution in [2.75, 3.05) is 13.2 Å². The number of H-pyrrole nitrogens is 1. The van der Waals surface area contributed by atoms with Crippen LogP contribution in [-0.4, -0.2) is 35.0 Å². The molecule has 0 spiro atoms. The van der Waals surface area contributed by atoms with Crippen molar-refractivity contribution in [2.24, 2.45) is 0 Å². The van der Waals surface area contributed by atoms with Crippen LogP contribution in [-0.2, 0) is 11.3 Å². The van der Waals surface area contributed by atoms with E-state index in [1.807, 2.05) is 13.8 Å². The predicted molar refractivity (Wildman–Crippen MR) is 108 cm³/mol. The molecule has 0 saturated carbocycles. The van der Waals surface area contributed by atoms with Crippen molar-refractivity contribution in [3.63, 3.8) is 0 Å². The van der Waals surface area contributed by atoms with Gasteiger partial charge in [0.2, 0.25) is 0 Å². The Bertz CT molecular complexity index is 872. The highest BCUT2D eigenvalue weighted by molar-refractivity contribution is 5.94. The summed E-state index contributed by atoms with van der Waals surface area (Å²) in [5, 5.41) is 0.562. The predicted octanol–water partition coefficient (Wildman–Crippen LogP) is 4.17. The van der Waals surface area contributed by atoms with Crippen molar-refractivity contribution in [2.45, 2.75) is 65.5 Å². The van der Waals surface area contributed by atoms with Gasteiger partial charge >= 0.3 is 5.97 Å². The first-order valence-electron chi connectivity index (χ1n) is 10.1. The first kappa shape index (κ1) is 19.6. The Morgan fingerprint density at radius 3 is 2.85 bits per heavy atom. The number of pyridine rings is 1. The van der Waals surface area contributed by atoms with Gasteiger partial charge in [-0.1, -0.05) is 20.3 Å². The van der Waals surface area contributed by atoms with E-state index in [0.29, 0.717) is 30.1 Å². The van der Waals surface area contributed by atoms with Crippen LogP contribution < -0.4 is 5.43 Å². The number of aromatic nitrogens is 1. The second kappa shape index (κ2) is 8.70. The Morgan fingerprint density at radius 1 is 1.30 bits per heavy atom. The zero-order chi connectivity index (χ0) is 19.4. The van der Waals surface area contributed by atoms with E-state index in [-0.39, 0.29) is 11.4 Å². The minimum atomic E-state index is -0.373. The van der Waals surface area contributed by atoms with Gasteiger partial charge in [0.25, 0.3) is 0 Å². The first-order valence-corrected chi connectivity index (χ1v) is 10.1. The van der Waals surface area contributed by atoms with Crippen molar-refractivity contribution in [1.82, 2.24) is 9.88 Å². The molecule has 0 unspecified atom stereocenters. The number of fused-ring (bicyclic) bond motifs is 1. The third-order valence-corrected chi connectivity index (χ3v) is 5.57. The largest absolute Gasteiger partial charge is 0.462 e. The molecule has 146 valence electrons. The molecule has 27 heavy (non-hydrogen) atoms. The molecular weight excluding hydrogens is 340 g/mol. The van der Waals surface area contributed by atoms with Gasteiger partial charge in [-0.25, -0.2) is 4.79 Å². The van der Waals surface area contributed by atoms with E-state index in [2.05, 4.69) is 16.8 Å². The van der Waals surface area contributed by atoms with Crippen LogP contribution in [0.3, 0.4) is 0 Å². The van der Waals surface area contributed by atoms with E-state index in [1.54, 1.807) is 18.2 Å². The van der Waals surface area contributed by atoms with Gasteiger partial charge < -0.3 is 9.72 Å². The smallest absolute Gasteiger partial charge is 0.338 e. The van der Waals surface area contributed by atoms with E-state index < -0.39 is 0 Å². The van der Waals surface area contributed by atoms with Crippen molar-refractivity contribution >= 4 is 16.9 Å². The topological polar surface area (TPSA) is 62.4 Å². The van der Waals surface area contributed by atoms with Gasteiger partial charge in [-0.3, -0.25) is 9.69 Å². The highest BCUT2D eigenvalue weighted by atomic mass is 16.5. The number of hydrogen-bond acceptors (Lipinski definition) is 4. The van der Waals surface area contributed by atoms with Crippen LogP contribution in [0.1, 0.15) is 67.6 Å². The number of hydrogen-bond donors (Lipinski definition) is 1. The molecule has 1 fully saturated rings. The van der Waals surface area contributed by atoms with Crippen molar-refractivity contribution in [3.8, 4) is 0 Å². The van der Waals surface area contributed by atoms with Crippen LogP contribution in [0.25, 0.3) is 10.9 Å². The lowest BCUT2D eigenvalue weighted by atomic mass is 9.98. The Balaban J connectivity index is 1.95. The summed E-state index contributed by atoms with van der Waals surface area (Å²) in [6.07, 6.45) is 5.55. The van der Waals surface area contributed by atoms with Gasteiger partial charge in [0.05, 0.1) is 12.2 Å². The van der Waals surface area contributed by atoms with Crippen LogP contribution in [0, 0.1) is 6.92 Å². The number of benzene rings is 1. The maximum atomic E-state index is 13.2. The van der Waals surface area contributed by atoms with Crippen LogP contribution in [0.2, 0.25) is 0 Å². The lowest BCUT2D eigenvalue weighted by Gasteiger charge is -2.35. The second-order valence-corrected chi connectivity index (χ2v) is 7.48. The molecule has 5 nitrogen and oxygen atoms in total. The average molecular weight is 370 g/mol. The molecule has 1 N–H and O–H groups in total. The summed E-state index contributed by atoms with van der Waals surface area (Å²) >= 11 is 0. The summed E-state index contributed by atoms with van der Waals surface area (Å²) in [4.78, 5) is 31.2. The van der Waals surface area contributed by atoms with Crippen LogP contribution >= 0.6 is 0 Å². The molecule has 3 rings (SSSR count). The third kappa shape index (κ3) is 4.24. The molecule has 0 bridgehead atoms. The number of ether oxygens (including phenoxy) is 1. The average Bonchev–Trinajstić information content (AvgIpc) is 2.69. The maximum absolute atomic E-state index is 13.2. The number of nitrogens with one attached hydrogen (secondary N) is 1. The lowest BCUT2D eigenvalue weighted by Crippen LogP contribution is -2.39. The minimum absolute atomic E-state index is 0.0202. The number of rotatable bonds is 6. The van der Waals surface area contributed by atoms with E-state index in [9.17, 15) is 9.59 Å². The Morgan fingerprint density at radius 2 is 2.11 bits per heavy atom. The van der Waals surface area contributed by atoms with Crippen LogP contribution in [0.15, 0.2) is 23.0 Å². The highest BCUT2D eigenvalue weighted by Crippen LogP contribution is 2.22. The molecule has 0 aliphatic carbocycles. The summed E-state index contributed by atoms with van der Waals surface area (Å²) in [6.45, 7) is 8.23. The number of aryl methyl sites for hydroxylation is 1. The molecule has 1 aromatic heterocycles. The molecule has 1 aliphatic heterocycles. The molecule has 1 atom stereocenters. The second-order valence-electron chi connectivity index (χ2n) is 7.48. The Labute approximate surface area is 160 Å². The van der Waals surface area contributed by atoms with Gasteiger partial charge in [0.15, 0.2) is 5.43 Å². The number of carbonyl (C=O) groups excluding carboxylic acids is 1. The number of piperidine rings is 1. The number of likely N-dealkylation sites (tertiary alicyclic amines) is 1. The van der Waals surface area contributed by atoms with Gasteiger partial charge in [-0.2, -0.15) is 0 Å². The molecule has 1 saturated heterocycles. The molecule has 1 aliphatic rings. The van der Waals surface area contributed by atoms with Gasteiger partial charge in [0.1, 0.15) is 0 Å². The number of aromatic amines is 1. The van der Waals surface area contributed by atoms with Gasteiger partial charge in [0, 0.05) is 34.7 Å². The zero-order valence-corrected chi connectivity index (χ0v) is 16.6. The summed E-state index contributed by atoms with van der Waals surface area (Å²) in [6, 6.07) is 5.73. The summed E-state index contributed by atoms with van der Waals surface area (Å²) in [5.74, 6) is -0.373. The summed E-state index contributed by atoms with van der Waals surface area (Å²) in [5.41, 5.74) is 2.93. The normalized spacial score (nSPS) is 18.0. The minimum Gasteiger partial charge on any atom is -0.462 e. The Kier molecular flexibility index (Phi) is 6.32. The van der Waals surface area contributed by atoms with Gasteiger partial charge in [-0.15, -0.1) is 0 Å². The van der Waals surface area contributed by atoms with Crippen LogP contribution in [0.5, 0.6) is 0 Å². The third-order valence-electron chi connectivity index (χ3n) is 5.57. The quantitative estimate of drug-likeness (QED) is 0.775. The first-order chi connectivity index (χ1) is 13.0. The fourth-order valence-electron chi connectivity index (χ4n) is 3.98. The van der Waals surface area contributed by atoms with Crippen molar-refractivity contribution in [3.05, 3.63) is 45.2 Å². The number of carbonyl (C=O) groups is 1. The standard InChI is InChI=1S/C22H30N2O3/c1-4-12-27-22(26)16-9-10-20-18(13-16)21(25)19(15(3)23-20)14-24-11-7-6-8-17(24)5-2/h9-10,13,17H,4-8,11-12,14H2,1-3H3,(H,23,25)/t17-/m1/s1. The molecule has 0 amide bonds. The van der Waals surface area contributed by atoms with Crippen LogP contribution in [0.4, 0.5) is 0 Å². The zero-order valence-electron chi connectivity index (χ0n) is 16.6. The van der Waals surface area contributed by atoms with Crippen molar-refractivity contribution < 1.29 is 9.53 Å². The molecule has 2 aromatic rings. The van der Waals surface area contributed by atoms with E-state index in [0.717, 1.165) is 36.2 Å².